The number of aromatic nitrogens is 2. The quantitative estimate of drug-likeness (QED) is 0.442. The van der Waals surface area contributed by atoms with Crippen molar-refractivity contribution >= 4 is 11.9 Å². The number of morpholine rings is 1. The molecule has 9 nitrogen and oxygen atoms in total. The SMILES string of the molecule is Cc1nn(-c2ccccc2)c(C)c1CNCC1CN(Cc2ccccc2)CCO1.O=C(O)C(=O)O. The van der Waals surface area contributed by atoms with Crippen molar-refractivity contribution in [3.05, 3.63) is 83.2 Å². The lowest BCUT2D eigenvalue weighted by atomic mass is 10.1. The van der Waals surface area contributed by atoms with E-state index in [1.54, 1.807) is 0 Å². The molecule has 2 aromatic carbocycles. The Morgan fingerprint density at radius 1 is 1.03 bits per heavy atom. The van der Waals surface area contributed by atoms with E-state index in [0.717, 1.165) is 50.7 Å². The van der Waals surface area contributed by atoms with Crippen LogP contribution < -0.4 is 5.32 Å². The van der Waals surface area contributed by atoms with Crippen molar-refractivity contribution in [2.24, 2.45) is 0 Å². The summed E-state index contributed by atoms with van der Waals surface area (Å²) in [5.41, 5.74) is 6.00. The summed E-state index contributed by atoms with van der Waals surface area (Å²) < 4.78 is 8.03. The van der Waals surface area contributed by atoms with E-state index in [1.807, 2.05) is 22.9 Å². The van der Waals surface area contributed by atoms with Crippen LogP contribution in [0, 0.1) is 13.8 Å². The first-order valence-corrected chi connectivity index (χ1v) is 11.5. The summed E-state index contributed by atoms with van der Waals surface area (Å²) in [6, 6.07) is 21.0. The Balaban J connectivity index is 0.000000509. The molecule has 0 saturated carbocycles. The highest BCUT2D eigenvalue weighted by Crippen LogP contribution is 2.18. The van der Waals surface area contributed by atoms with Crippen LogP contribution in [0.4, 0.5) is 0 Å². The second kappa shape index (κ2) is 12.8. The van der Waals surface area contributed by atoms with Crippen molar-refractivity contribution in [1.29, 1.82) is 0 Å². The Morgan fingerprint density at radius 3 is 2.29 bits per heavy atom. The lowest BCUT2D eigenvalue weighted by molar-refractivity contribution is -0.159. The molecule has 1 fully saturated rings. The topological polar surface area (TPSA) is 117 Å². The van der Waals surface area contributed by atoms with Gasteiger partial charge in [-0.2, -0.15) is 5.10 Å². The van der Waals surface area contributed by atoms with Gasteiger partial charge in [-0.25, -0.2) is 14.3 Å². The minimum Gasteiger partial charge on any atom is -0.473 e. The van der Waals surface area contributed by atoms with Gasteiger partial charge in [0.05, 0.1) is 24.1 Å². The average Bonchev–Trinajstić information content (AvgIpc) is 3.14. The van der Waals surface area contributed by atoms with Gasteiger partial charge in [0.15, 0.2) is 0 Å². The van der Waals surface area contributed by atoms with Gasteiger partial charge in [0, 0.05) is 44.0 Å². The molecule has 1 atom stereocenters. The van der Waals surface area contributed by atoms with Gasteiger partial charge in [-0.05, 0) is 31.5 Å². The maximum absolute atomic E-state index is 9.10. The highest BCUT2D eigenvalue weighted by Gasteiger charge is 2.21. The summed E-state index contributed by atoms with van der Waals surface area (Å²) in [7, 11) is 0. The summed E-state index contributed by atoms with van der Waals surface area (Å²) in [5, 5.41) is 23.1. The molecule has 2 heterocycles. The summed E-state index contributed by atoms with van der Waals surface area (Å²) in [6.45, 7) is 9.62. The molecule has 0 bridgehead atoms. The van der Waals surface area contributed by atoms with Gasteiger partial charge in [0.1, 0.15) is 0 Å². The Morgan fingerprint density at radius 2 is 1.66 bits per heavy atom. The molecular weight excluding hydrogens is 448 g/mol. The fourth-order valence-electron chi connectivity index (χ4n) is 4.00. The van der Waals surface area contributed by atoms with Crippen molar-refractivity contribution in [1.82, 2.24) is 20.0 Å². The van der Waals surface area contributed by atoms with Gasteiger partial charge in [-0.3, -0.25) is 4.90 Å². The maximum atomic E-state index is 9.10. The van der Waals surface area contributed by atoms with E-state index in [1.165, 1.54) is 16.8 Å². The number of ether oxygens (including phenoxy) is 1. The molecule has 1 saturated heterocycles. The average molecular weight is 481 g/mol. The van der Waals surface area contributed by atoms with Crippen LogP contribution in [0.3, 0.4) is 0 Å². The van der Waals surface area contributed by atoms with Gasteiger partial charge in [0.25, 0.3) is 0 Å². The number of carboxylic acid groups (broad SMARTS) is 2. The second-order valence-corrected chi connectivity index (χ2v) is 8.35. The Bertz CT molecular complexity index is 1090. The zero-order valence-corrected chi connectivity index (χ0v) is 20.1. The third kappa shape index (κ3) is 7.74. The molecule has 1 aromatic heterocycles. The first-order chi connectivity index (χ1) is 16.8. The minimum atomic E-state index is -1.82. The number of benzene rings is 2. The summed E-state index contributed by atoms with van der Waals surface area (Å²) >= 11 is 0. The molecule has 0 aliphatic carbocycles. The monoisotopic (exact) mass is 480 g/mol. The highest BCUT2D eigenvalue weighted by atomic mass is 16.5. The third-order valence-electron chi connectivity index (χ3n) is 5.77. The Labute approximate surface area is 205 Å². The molecule has 0 spiro atoms. The van der Waals surface area contributed by atoms with Crippen LogP contribution in [-0.4, -0.2) is 69.2 Å². The third-order valence-corrected chi connectivity index (χ3v) is 5.77. The van der Waals surface area contributed by atoms with E-state index in [2.05, 4.69) is 66.5 Å². The number of aryl methyl sites for hydroxylation is 1. The van der Waals surface area contributed by atoms with E-state index in [0.29, 0.717) is 0 Å². The molecule has 186 valence electrons. The van der Waals surface area contributed by atoms with Crippen molar-refractivity contribution in [3.63, 3.8) is 0 Å². The fourth-order valence-corrected chi connectivity index (χ4v) is 4.00. The minimum absolute atomic E-state index is 0.220. The van der Waals surface area contributed by atoms with Crippen LogP contribution in [0.25, 0.3) is 5.69 Å². The molecule has 0 amide bonds. The van der Waals surface area contributed by atoms with Gasteiger partial charge in [-0.1, -0.05) is 48.5 Å². The predicted octanol–water partition coefficient (Wildman–Crippen LogP) is 2.64. The molecule has 4 rings (SSSR count). The number of carboxylic acids is 2. The normalized spacial score (nSPS) is 15.8. The number of hydrogen-bond donors (Lipinski definition) is 3. The fraction of sp³-hybridized carbons (Fsp3) is 0.346. The number of rotatable bonds is 7. The van der Waals surface area contributed by atoms with Crippen LogP contribution in [-0.2, 0) is 27.4 Å². The first-order valence-electron chi connectivity index (χ1n) is 11.5. The van der Waals surface area contributed by atoms with Crippen LogP contribution in [0.1, 0.15) is 22.5 Å². The van der Waals surface area contributed by atoms with Gasteiger partial charge >= 0.3 is 11.9 Å². The number of carbonyl (C=O) groups is 2. The number of aliphatic carboxylic acids is 2. The molecule has 9 heteroatoms. The lowest BCUT2D eigenvalue weighted by Gasteiger charge is -2.33. The summed E-state index contributed by atoms with van der Waals surface area (Å²) in [6.07, 6.45) is 0.220. The van der Waals surface area contributed by atoms with Crippen LogP contribution >= 0.6 is 0 Å². The van der Waals surface area contributed by atoms with Crippen molar-refractivity contribution < 1.29 is 24.5 Å². The van der Waals surface area contributed by atoms with Crippen LogP contribution in [0.5, 0.6) is 0 Å². The highest BCUT2D eigenvalue weighted by molar-refractivity contribution is 6.27. The van der Waals surface area contributed by atoms with Crippen LogP contribution in [0.15, 0.2) is 60.7 Å². The molecule has 3 aromatic rings. The predicted molar refractivity (Wildman–Crippen MR) is 131 cm³/mol. The second-order valence-electron chi connectivity index (χ2n) is 8.35. The Hall–Kier alpha value is -3.53. The molecular formula is C26H32N4O5. The Kier molecular flexibility index (Phi) is 9.54. The molecule has 35 heavy (non-hydrogen) atoms. The number of hydrogen-bond acceptors (Lipinski definition) is 6. The largest absolute Gasteiger partial charge is 0.473 e. The molecule has 1 aliphatic rings. The first kappa shape index (κ1) is 26.1. The van der Waals surface area contributed by atoms with Gasteiger partial charge in [0.2, 0.25) is 0 Å². The van der Waals surface area contributed by atoms with E-state index in [4.69, 9.17) is 29.6 Å². The van der Waals surface area contributed by atoms with E-state index in [-0.39, 0.29) is 6.10 Å². The van der Waals surface area contributed by atoms with Crippen LogP contribution in [0.2, 0.25) is 0 Å². The van der Waals surface area contributed by atoms with Gasteiger partial charge < -0.3 is 20.3 Å². The van der Waals surface area contributed by atoms with Crippen molar-refractivity contribution in [2.75, 3.05) is 26.2 Å². The smallest absolute Gasteiger partial charge is 0.414 e. The zero-order chi connectivity index (χ0) is 25.2. The van der Waals surface area contributed by atoms with Crippen molar-refractivity contribution in [3.8, 4) is 5.69 Å². The van der Waals surface area contributed by atoms with E-state index in [9.17, 15) is 0 Å². The molecule has 0 radical (unpaired) electrons. The zero-order valence-electron chi connectivity index (χ0n) is 20.1. The van der Waals surface area contributed by atoms with E-state index >= 15 is 0 Å². The molecule has 3 N–H and O–H groups in total. The lowest BCUT2D eigenvalue weighted by Crippen LogP contribution is -2.46. The molecule has 1 aliphatic heterocycles. The summed E-state index contributed by atoms with van der Waals surface area (Å²) in [5.74, 6) is -3.65. The van der Waals surface area contributed by atoms with E-state index < -0.39 is 11.9 Å². The van der Waals surface area contributed by atoms with Crippen molar-refractivity contribution in [2.45, 2.75) is 33.0 Å². The maximum Gasteiger partial charge on any atom is 0.414 e. The standard InChI is InChI=1S/C24H30N4O.C2H2O4/c1-19-24(20(2)28(26-19)22-11-7-4-8-12-22)16-25-15-23-18-27(13-14-29-23)17-21-9-5-3-6-10-21;3-1(4)2(5)6/h3-12,23,25H,13-18H2,1-2H3;(H,3,4)(H,5,6). The van der Waals surface area contributed by atoms with Gasteiger partial charge in [-0.15, -0.1) is 0 Å². The number of nitrogens with one attached hydrogen (secondary N) is 1. The molecule has 1 unspecified atom stereocenters. The number of nitrogens with zero attached hydrogens (tertiary/aromatic N) is 3. The summed E-state index contributed by atoms with van der Waals surface area (Å²) in [4.78, 5) is 20.7. The number of para-hydroxylation sites is 1.